The van der Waals surface area contributed by atoms with E-state index < -0.39 is 35.6 Å². The lowest BCUT2D eigenvalue weighted by Crippen LogP contribution is -2.41. The number of halogens is 2. The van der Waals surface area contributed by atoms with Crippen LogP contribution in [0.2, 0.25) is 0 Å². The van der Waals surface area contributed by atoms with Crippen molar-refractivity contribution in [1.82, 2.24) is 15.3 Å². The van der Waals surface area contributed by atoms with E-state index in [1.54, 1.807) is 6.92 Å². The fourth-order valence-corrected chi connectivity index (χ4v) is 3.76. The van der Waals surface area contributed by atoms with Crippen LogP contribution in [0.5, 0.6) is 0 Å². The summed E-state index contributed by atoms with van der Waals surface area (Å²) in [5, 5.41) is 13.3. The molecule has 2 aromatic rings. The molecule has 0 spiro atoms. The fourth-order valence-electron chi connectivity index (χ4n) is 3.76. The van der Waals surface area contributed by atoms with E-state index in [2.05, 4.69) is 15.3 Å². The lowest BCUT2D eigenvalue weighted by molar-refractivity contribution is -0.114. The van der Waals surface area contributed by atoms with Gasteiger partial charge in [-0.3, -0.25) is 9.59 Å². The Bertz CT molecular complexity index is 1020. The Labute approximate surface area is 165 Å². The van der Waals surface area contributed by atoms with Crippen molar-refractivity contribution in [2.24, 2.45) is 0 Å². The molecule has 0 saturated heterocycles. The molecule has 9 heteroatoms. The second kappa shape index (κ2) is 7.32. The van der Waals surface area contributed by atoms with Gasteiger partial charge in [-0.25, -0.2) is 18.7 Å². The molecular formula is C20H18F2N4O3. The van der Waals surface area contributed by atoms with E-state index in [1.165, 1.54) is 17.2 Å². The van der Waals surface area contributed by atoms with E-state index in [4.69, 9.17) is 0 Å². The van der Waals surface area contributed by atoms with Crippen molar-refractivity contribution in [2.45, 2.75) is 31.9 Å². The number of aromatic nitrogens is 2. The number of carbonyl (C=O) groups is 2. The topological polar surface area (TPSA) is 95.4 Å². The first-order valence-electron chi connectivity index (χ1n) is 9.10. The van der Waals surface area contributed by atoms with Crippen LogP contribution in [0.3, 0.4) is 0 Å². The smallest absolute Gasteiger partial charge is 0.270 e. The molecule has 150 valence electrons. The van der Waals surface area contributed by atoms with Crippen molar-refractivity contribution in [3.05, 3.63) is 64.8 Å². The van der Waals surface area contributed by atoms with Crippen LogP contribution in [-0.4, -0.2) is 45.6 Å². The van der Waals surface area contributed by atoms with Gasteiger partial charge < -0.3 is 15.3 Å². The summed E-state index contributed by atoms with van der Waals surface area (Å²) in [6, 6.07) is 3.88. The molecule has 7 nitrogen and oxygen atoms in total. The van der Waals surface area contributed by atoms with Gasteiger partial charge in [0.2, 0.25) is 0 Å². The Morgan fingerprint density at radius 1 is 1.28 bits per heavy atom. The molecule has 0 radical (unpaired) electrons. The molecule has 1 aliphatic carbocycles. The van der Waals surface area contributed by atoms with E-state index in [1.807, 2.05) is 0 Å². The average Bonchev–Trinajstić information content (AvgIpc) is 2.98. The van der Waals surface area contributed by atoms with E-state index in [0.717, 1.165) is 18.2 Å². The number of benzene rings is 1. The first kappa shape index (κ1) is 19.1. The Hall–Kier alpha value is -3.20. The summed E-state index contributed by atoms with van der Waals surface area (Å²) in [6.45, 7) is 1.73. The number of hydrogen-bond donors (Lipinski definition) is 2. The summed E-state index contributed by atoms with van der Waals surface area (Å²) in [4.78, 5) is 34.5. The van der Waals surface area contributed by atoms with Gasteiger partial charge in [0.05, 0.1) is 18.3 Å². The van der Waals surface area contributed by atoms with Crippen molar-refractivity contribution in [2.75, 3.05) is 11.4 Å². The van der Waals surface area contributed by atoms with Crippen molar-refractivity contribution in [1.29, 1.82) is 0 Å². The number of aliphatic hydroxyl groups excluding tert-OH is 1. The number of carbonyl (C=O) groups excluding carboxylic acids is 2. The Balaban J connectivity index is 1.51. The highest BCUT2D eigenvalue weighted by molar-refractivity contribution is 6.09. The van der Waals surface area contributed by atoms with Crippen LogP contribution in [0.4, 0.5) is 14.5 Å². The third kappa shape index (κ3) is 3.73. The fraction of sp³-hybridized carbons (Fsp3) is 0.300. The Morgan fingerprint density at radius 3 is 2.69 bits per heavy atom. The van der Waals surface area contributed by atoms with Crippen molar-refractivity contribution >= 4 is 17.5 Å². The zero-order chi connectivity index (χ0) is 20.7. The summed E-state index contributed by atoms with van der Waals surface area (Å²) in [7, 11) is 0. The molecule has 0 fully saturated rings. The largest absolute Gasteiger partial charge is 0.389 e. The van der Waals surface area contributed by atoms with Crippen LogP contribution < -0.4 is 10.2 Å². The van der Waals surface area contributed by atoms with Crippen LogP contribution in [0.25, 0.3) is 0 Å². The van der Waals surface area contributed by atoms with Crippen LogP contribution in [0.15, 0.2) is 41.6 Å². The van der Waals surface area contributed by atoms with Gasteiger partial charge in [-0.15, -0.1) is 0 Å². The van der Waals surface area contributed by atoms with Crippen molar-refractivity contribution < 1.29 is 23.5 Å². The zero-order valence-corrected chi connectivity index (χ0v) is 15.5. The Morgan fingerprint density at radius 2 is 2.00 bits per heavy atom. The number of rotatable bonds is 3. The predicted octanol–water partition coefficient (Wildman–Crippen LogP) is 1.66. The highest BCUT2D eigenvalue weighted by Crippen LogP contribution is 2.35. The van der Waals surface area contributed by atoms with Gasteiger partial charge in [0.1, 0.15) is 23.2 Å². The van der Waals surface area contributed by atoms with E-state index in [9.17, 15) is 23.5 Å². The third-order valence-corrected chi connectivity index (χ3v) is 5.08. The lowest BCUT2D eigenvalue weighted by Gasteiger charge is -2.27. The second-order valence-corrected chi connectivity index (χ2v) is 7.14. The maximum atomic E-state index is 13.6. The molecule has 2 aliphatic rings. The Kier molecular flexibility index (Phi) is 4.83. The molecule has 2 heterocycles. The number of nitrogens with one attached hydrogen (secondary N) is 1. The zero-order valence-electron chi connectivity index (χ0n) is 15.5. The summed E-state index contributed by atoms with van der Waals surface area (Å²) in [5.74, 6) is -1.98. The molecule has 1 aromatic carbocycles. The number of hydrogen-bond acceptors (Lipinski definition) is 5. The van der Waals surface area contributed by atoms with E-state index in [0.29, 0.717) is 17.0 Å². The number of anilines is 1. The van der Waals surface area contributed by atoms with Gasteiger partial charge in [0.15, 0.2) is 0 Å². The standard InChI is InChI=1S/C20H18F2N4O3/c1-10-23-3-2-17(24-10)19(28)25-13-7-15-16(18(27)8-13)9-26(20(15)29)14-5-11(21)4-12(22)6-14/h2-6,13,18,27H,7-9H2,1H3,(H,25,28)/t13-,18+/m0/s1. The molecule has 0 bridgehead atoms. The van der Waals surface area contributed by atoms with Crippen LogP contribution >= 0.6 is 0 Å². The lowest BCUT2D eigenvalue weighted by atomic mass is 9.87. The summed E-state index contributed by atoms with van der Waals surface area (Å²) in [6.07, 6.45) is 0.982. The molecule has 2 N–H and O–H groups in total. The third-order valence-electron chi connectivity index (χ3n) is 5.08. The minimum absolute atomic E-state index is 0.0595. The molecule has 4 rings (SSSR count). The highest BCUT2D eigenvalue weighted by atomic mass is 19.1. The van der Waals surface area contributed by atoms with Gasteiger partial charge in [0.25, 0.3) is 11.8 Å². The average molecular weight is 400 g/mol. The monoisotopic (exact) mass is 400 g/mol. The molecule has 0 saturated carbocycles. The second-order valence-electron chi connectivity index (χ2n) is 7.14. The van der Waals surface area contributed by atoms with Crippen LogP contribution in [0.1, 0.15) is 29.2 Å². The van der Waals surface area contributed by atoms with Crippen LogP contribution in [-0.2, 0) is 4.79 Å². The molecular weight excluding hydrogens is 382 g/mol. The SMILES string of the molecule is Cc1nccc(C(=O)N[C@H]2CC3=C(CN(c4cc(F)cc(F)c4)C3=O)[C@H](O)C2)n1. The first-order valence-corrected chi connectivity index (χ1v) is 9.10. The van der Waals surface area contributed by atoms with E-state index >= 15 is 0 Å². The summed E-state index contributed by atoms with van der Waals surface area (Å²) in [5.41, 5.74) is 1.16. The van der Waals surface area contributed by atoms with Gasteiger partial charge in [-0.05, 0) is 43.5 Å². The quantitative estimate of drug-likeness (QED) is 0.817. The molecule has 2 amide bonds. The molecule has 1 aliphatic heterocycles. The number of aliphatic hydroxyl groups is 1. The normalized spacial score (nSPS) is 21.4. The van der Waals surface area contributed by atoms with Crippen molar-refractivity contribution in [3.8, 4) is 0 Å². The molecule has 0 unspecified atom stereocenters. The first-order chi connectivity index (χ1) is 13.8. The number of aryl methyl sites for hydroxylation is 1. The van der Waals surface area contributed by atoms with Crippen LogP contribution in [0, 0.1) is 18.6 Å². The minimum Gasteiger partial charge on any atom is -0.389 e. The molecule has 1 aromatic heterocycles. The van der Waals surface area contributed by atoms with E-state index in [-0.39, 0.29) is 30.8 Å². The summed E-state index contributed by atoms with van der Waals surface area (Å²) >= 11 is 0. The maximum absolute atomic E-state index is 13.6. The molecule has 2 atom stereocenters. The van der Waals surface area contributed by atoms with Gasteiger partial charge in [0, 0.05) is 23.9 Å². The van der Waals surface area contributed by atoms with Gasteiger partial charge >= 0.3 is 0 Å². The van der Waals surface area contributed by atoms with Gasteiger partial charge in [-0.2, -0.15) is 0 Å². The molecule has 29 heavy (non-hydrogen) atoms. The maximum Gasteiger partial charge on any atom is 0.270 e. The van der Waals surface area contributed by atoms with Crippen molar-refractivity contribution in [3.63, 3.8) is 0 Å². The number of amides is 2. The summed E-state index contributed by atoms with van der Waals surface area (Å²) < 4.78 is 27.1. The minimum atomic E-state index is -0.941. The van der Waals surface area contributed by atoms with Gasteiger partial charge in [-0.1, -0.05) is 0 Å². The predicted molar refractivity (Wildman–Crippen MR) is 99.0 cm³/mol. The number of nitrogens with zero attached hydrogens (tertiary/aromatic N) is 3. The highest BCUT2D eigenvalue weighted by Gasteiger charge is 2.40.